The number of hydrogen-bond acceptors (Lipinski definition) is 4. The second kappa shape index (κ2) is 7.69. The van der Waals surface area contributed by atoms with Crippen molar-refractivity contribution in [3.8, 4) is 0 Å². The second-order valence-corrected chi connectivity index (χ2v) is 6.39. The summed E-state index contributed by atoms with van der Waals surface area (Å²) in [5.74, 6) is 0. The average Bonchev–Trinajstić information content (AvgIpc) is 2.84. The van der Waals surface area contributed by atoms with Crippen molar-refractivity contribution in [3.05, 3.63) is 36.3 Å². The number of rotatable bonds is 1. The zero-order valence-electron chi connectivity index (χ0n) is 13.8. The van der Waals surface area contributed by atoms with Gasteiger partial charge in [0.1, 0.15) is 5.65 Å². The van der Waals surface area contributed by atoms with Crippen molar-refractivity contribution in [2.75, 3.05) is 26.8 Å². The Labute approximate surface area is 131 Å². The molecule has 3 rings (SSSR count). The Morgan fingerprint density at radius 1 is 1.32 bits per heavy atom. The number of pyridine rings is 1. The smallest absolute Gasteiger partial charge is 0.136 e. The van der Waals surface area contributed by atoms with Gasteiger partial charge in [0.25, 0.3) is 0 Å². The molecule has 1 aliphatic heterocycles. The Kier molecular flexibility index (Phi) is 6.49. The lowest BCUT2D eigenvalue weighted by molar-refractivity contribution is 0.00507. The zero-order valence-corrected chi connectivity index (χ0v) is 13.8. The van der Waals surface area contributed by atoms with Crippen LogP contribution >= 0.6 is 0 Å². The van der Waals surface area contributed by atoms with E-state index >= 15 is 0 Å². The van der Waals surface area contributed by atoms with Crippen LogP contribution in [-0.2, 0) is 4.74 Å². The summed E-state index contributed by atoms with van der Waals surface area (Å²) in [7, 11) is 2.14. The van der Waals surface area contributed by atoms with Crippen LogP contribution < -0.4 is 0 Å². The number of ether oxygens (including phenoxy) is 1. The van der Waals surface area contributed by atoms with Crippen LogP contribution in [0, 0.1) is 0 Å². The van der Waals surface area contributed by atoms with E-state index in [4.69, 9.17) is 9.84 Å². The van der Waals surface area contributed by atoms with Gasteiger partial charge in [-0.2, -0.15) is 0 Å². The molecule has 0 saturated carbocycles. The average molecular weight is 309 g/mol. The molecule has 0 amide bonds. The van der Waals surface area contributed by atoms with Crippen LogP contribution in [-0.4, -0.2) is 57.3 Å². The van der Waals surface area contributed by atoms with Gasteiger partial charge in [-0.3, -0.25) is 4.90 Å². The maximum Gasteiger partial charge on any atom is 0.136 e. The largest absolute Gasteiger partial charge is 0.412 e. The molecule has 2 aromatic heterocycles. The fraction of sp³-hybridized carbons (Fsp3) is 0.562. The molecule has 1 fully saturated rings. The molecule has 0 spiro atoms. The number of aromatic nitrogens is 2. The van der Waals surface area contributed by atoms with Crippen molar-refractivity contribution in [3.63, 3.8) is 0 Å². The topological polar surface area (TPSA) is 81.5 Å². The van der Waals surface area contributed by atoms with Gasteiger partial charge in [-0.25, -0.2) is 4.98 Å². The Balaban J connectivity index is 0.000000356. The molecule has 0 aromatic carbocycles. The minimum absolute atomic E-state index is 0. The van der Waals surface area contributed by atoms with E-state index in [-0.39, 0.29) is 5.48 Å². The summed E-state index contributed by atoms with van der Waals surface area (Å²) in [6, 6.07) is 4.64. The van der Waals surface area contributed by atoms with E-state index in [1.54, 1.807) is 20.8 Å². The summed E-state index contributed by atoms with van der Waals surface area (Å²) in [5.41, 5.74) is 1.78. The summed E-state index contributed by atoms with van der Waals surface area (Å²) in [6.07, 6.45) is 5.83. The third-order valence-electron chi connectivity index (χ3n) is 3.20. The number of morpholine rings is 1. The minimum atomic E-state index is -0.500. The van der Waals surface area contributed by atoms with E-state index in [1.807, 2.05) is 16.8 Å². The summed E-state index contributed by atoms with van der Waals surface area (Å²) in [6.45, 7) is 7.82. The van der Waals surface area contributed by atoms with Gasteiger partial charge in [-0.05, 0) is 45.5 Å². The molecule has 1 unspecified atom stereocenters. The number of aliphatic hydroxyl groups is 1. The highest BCUT2D eigenvalue weighted by Crippen LogP contribution is 2.23. The molecule has 1 aliphatic rings. The van der Waals surface area contributed by atoms with Crippen LogP contribution in [0.3, 0.4) is 0 Å². The minimum Gasteiger partial charge on any atom is -0.412 e. The van der Waals surface area contributed by atoms with E-state index in [9.17, 15) is 0 Å². The molecule has 6 heteroatoms. The molecule has 3 N–H and O–H groups in total. The molecule has 2 aromatic rings. The first-order valence-electron chi connectivity index (χ1n) is 7.27. The van der Waals surface area contributed by atoms with Gasteiger partial charge in [0.15, 0.2) is 0 Å². The summed E-state index contributed by atoms with van der Waals surface area (Å²) < 4.78 is 7.55. The lowest BCUT2D eigenvalue weighted by Crippen LogP contribution is -2.36. The van der Waals surface area contributed by atoms with Gasteiger partial charge in [0.05, 0.1) is 24.9 Å². The molecular weight excluding hydrogens is 282 g/mol. The first kappa shape index (κ1) is 18.6. The van der Waals surface area contributed by atoms with E-state index in [0.717, 1.165) is 25.4 Å². The van der Waals surface area contributed by atoms with Crippen molar-refractivity contribution in [1.29, 1.82) is 0 Å². The number of fused-ring (bicyclic) bond motifs is 1. The number of imidazole rings is 1. The van der Waals surface area contributed by atoms with Crippen LogP contribution in [0.25, 0.3) is 5.65 Å². The molecule has 124 valence electrons. The maximum absolute atomic E-state index is 8.52. The van der Waals surface area contributed by atoms with Crippen molar-refractivity contribution in [2.45, 2.75) is 32.4 Å². The van der Waals surface area contributed by atoms with Crippen LogP contribution in [0.5, 0.6) is 0 Å². The highest BCUT2D eigenvalue weighted by Gasteiger charge is 2.21. The van der Waals surface area contributed by atoms with Gasteiger partial charge in [-0.15, -0.1) is 0 Å². The predicted octanol–water partition coefficient (Wildman–Crippen LogP) is 1.29. The van der Waals surface area contributed by atoms with Gasteiger partial charge in [-0.1, -0.05) is 0 Å². The van der Waals surface area contributed by atoms with Gasteiger partial charge in [0, 0.05) is 25.1 Å². The molecule has 22 heavy (non-hydrogen) atoms. The Morgan fingerprint density at radius 2 is 2.00 bits per heavy atom. The maximum atomic E-state index is 8.52. The summed E-state index contributed by atoms with van der Waals surface area (Å²) in [4.78, 5) is 6.63. The summed E-state index contributed by atoms with van der Waals surface area (Å²) >= 11 is 0. The lowest BCUT2D eigenvalue weighted by Gasteiger charge is -2.32. The highest BCUT2D eigenvalue weighted by molar-refractivity contribution is 5.42. The van der Waals surface area contributed by atoms with Crippen molar-refractivity contribution in [1.82, 2.24) is 14.3 Å². The Bertz CT molecular complexity index is 571. The molecule has 0 bridgehead atoms. The number of likely N-dealkylation sites (N-methyl/N-ethyl adjacent to an activating group) is 1. The quantitative estimate of drug-likeness (QED) is 0.860. The van der Waals surface area contributed by atoms with Gasteiger partial charge >= 0.3 is 0 Å². The first-order valence-corrected chi connectivity index (χ1v) is 7.27. The number of nitrogens with zero attached hydrogens (tertiary/aromatic N) is 3. The normalized spacial score (nSPS) is 19.2. The van der Waals surface area contributed by atoms with E-state index in [1.165, 1.54) is 5.56 Å². The van der Waals surface area contributed by atoms with Crippen molar-refractivity contribution >= 4 is 5.65 Å². The third-order valence-corrected chi connectivity index (χ3v) is 3.20. The molecule has 1 saturated heterocycles. The SMILES string of the molecule is CC(C)(C)O.CN1CCOCC1c1ccn2ccnc2c1.O. The van der Waals surface area contributed by atoms with Crippen LogP contribution in [0.2, 0.25) is 0 Å². The van der Waals surface area contributed by atoms with Crippen molar-refractivity contribution < 1.29 is 15.3 Å². The van der Waals surface area contributed by atoms with Gasteiger partial charge in [0.2, 0.25) is 0 Å². The third kappa shape index (κ3) is 5.38. The summed E-state index contributed by atoms with van der Waals surface area (Å²) in [5, 5.41) is 8.52. The van der Waals surface area contributed by atoms with Crippen LogP contribution in [0.15, 0.2) is 30.7 Å². The molecule has 6 nitrogen and oxygen atoms in total. The van der Waals surface area contributed by atoms with Crippen LogP contribution in [0.4, 0.5) is 0 Å². The van der Waals surface area contributed by atoms with E-state index in [0.29, 0.717) is 6.04 Å². The zero-order chi connectivity index (χ0) is 15.5. The Hall–Kier alpha value is -1.47. The monoisotopic (exact) mass is 309 g/mol. The standard InChI is InChI=1S/C12H15N3O.C4H10O.H2O/c1-14-6-7-16-9-11(14)10-2-4-15-5-3-13-12(15)8-10;1-4(2,3)5;/h2-5,8,11H,6-7,9H2,1H3;5H,1-3H3;1H2. The lowest BCUT2D eigenvalue weighted by atomic mass is 10.1. The van der Waals surface area contributed by atoms with Crippen LogP contribution in [0.1, 0.15) is 32.4 Å². The van der Waals surface area contributed by atoms with E-state index in [2.05, 4.69) is 35.3 Å². The fourth-order valence-electron chi connectivity index (χ4n) is 2.17. The molecular formula is C16H27N3O3. The molecule has 0 radical (unpaired) electrons. The highest BCUT2D eigenvalue weighted by atomic mass is 16.5. The number of hydrogen-bond donors (Lipinski definition) is 1. The molecule has 1 atom stereocenters. The van der Waals surface area contributed by atoms with Gasteiger partial charge < -0.3 is 19.7 Å². The van der Waals surface area contributed by atoms with Crippen molar-refractivity contribution in [2.24, 2.45) is 0 Å². The first-order chi connectivity index (χ1) is 9.84. The fourth-order valence-corrected chi connectivity index (χ4v) is 2.17. The predicted molar refractivity (Wildman–Crippen MR) is 87.0 cm³/mol. The molecule has 3 heterocycles. The second-order valence-electron chi connectivity index (χ2n) is 6.39. The molecule has 0 aliphatic carbocycles. The van der Waals surface area contributed by atoms with E-state index < -0.39 is 5.60 Å². The Morgan fingerprint density at radius 3 is 2.64 bits per heavy atom.